The van der Waals surface area contributed by atoms with E-state index in [1.54, 1.807) is 24.3 Å². The molecule has 2 aromatic carbocycles. The first kappa shape index (κ1) is 13.5. The Morgan fingerprint density at radius 1 is 1.10 bits per heavy atom. The van der Waals surface area contributed by atoms with Gasteiger partial charge in [-0.2, -0.15) is 4.89 Å². The van der Waals surface area contributed by atoms with E-state index in [-0.39, 0.29) is 6.61 Å². The van der Waals surface area contributed by atoms with Crippen LogP contribution in [0.5, 0.6) is 5.75 Å². The van der Waals surface area contributed by atoms with Crippen LogP contribution in [-0.4, -0.2) is 20.4 Å². The minimum absolute atomic E-state index is 0.243. The standard InChI is InChI=1S/C14H10ClN3O3/c15-14(19)18-16-12-7-6-10(8-13(12)17-18)9-20-21-11-4-2-1-3-5-11/h1-8H,9H2. The quantitative estimate of drug-likeness (QED) is 0.421. The second-order valence-corrected chi connectivity index (χ2v) is 4.55. The average Bonchev–Trinajstić information content (AvgIpc) is 2.92. The second-order valence-electron chi connectivity index (χ2n) is 4.22. The van der Waals surface area contributed by atoms with E-state index in [0.29, 0.717) is 16.8 Å². The summed E-state index contributed by atoms with van der Waals surface area (Å²) in [5.74, 6) is 0.622. The molecule has 6 nitrogen and oxygen atoms in total. The van der Waals surface area contributed by atoms with E-state index in [1.807, 2.05) is 24.3 Å². The molecule has 0 radical (unpaired) electrons. The Balaban J connectivity index is 1.68. The minimum Gasteiger partial charge on any atom is -0.337 e. The zero-order valence-electron chi connectivity index (χ0n) is 10.8. The third kappa shape index (κ3) is 3.18. The van der Waals surface area contributed by atoms with Crippen molar-refractivity contribution in [3.8, 4) is 5.75 Å². The van der Waals surface area contributed by atoms with Gasteiger partial charge in [-0.15, -0.1) is 10.2 Å². The first-order valence-electron chi connectivity index (χ1n) is 6.13. The number of nitrogens with zero attached hydrogens (tertiary/aromatic N) is 3. The van der Waals surface area contributed by atoms with Gasteiger partial charge in [-0.1, -0.05) is 29.1 Å². The summed E-state index contributed by atoms with van der Waals surface area (Å²) in [5.41, 5.74) is 1.98. The molecule has 0 saturated carbocycles. The summed E-state index contributed by atoms with van der Waals surface area (Å²) in [4.78, 5) is 22.1. The van der Waals surface area contributed by atoms with Crippen LogP contribution >= 0.6 is 11.6 Å². The minimum atomic E-state index is -0.753. The smallest absolute Gasteiger partial charge is 0.337 e. The Kier molecular flexibility index (Phi) is 3.81. The molecule has 0 saturated heterocycles. The fourth-order valence-corrected chi connectivity index (χ4v) is 1.85. The summed E-state index contributed by atoms with van der Waals surface area (Å²) >= 11 is 5.32. The molecule has 0 aliphatic rings. The van der Waals surface area contributed by atoms with Crippen molar-refractivity contribution >= 4 is 28.0 Å². The molecular formula is C14H10ClN3O3. The van der Waals surface area contributed by atoms with Gasteiger partial charge in [0.25, 0.3) is 0 Å². The van der Waals surface area contributed by atoms with E-state index in [2.05, 4.69) is 10.2 Å². The Morgan fingerprint density at radius 3 is 2.62 bits per heavy atom. The molecule has 0 aliphatic heterocycles. The predicted octanol–water partition coefficient (Wildman–Crippen LogP) is 3.15. The van der Waals surface area contributed by atoms with Gasteiger partial charge < -0.3 is 4.89 Å². The highest BCUT2D eigenvalue weighted by Crippen LogP contribution is 2.14. The van der Waals surface area contributed by atoms with Crippen LogP contribution in [0, 0.1) is 0 Å². The van der Waals surface area contributed by atoms with Crippen molar-refractivity contribution in [2.75, 3.05) is 0 Å². The SMILES string of the molecule is O=C(Cl)n1nc2ccc(COOc3ccccc3)cc2n1. The van der Waals surface area contributed by atoms with E-state index in [1.165, 1.54) is 0 Å². The van der Waals surface area contributed by atoms with Crippen molar-refractivity contribution in [1.82, 2.24) is 15.0 Å². The van der Waals surface area contributed by atoms with Gasteiger partial charge >= 0.3 is 5.37 Å². The highest BCUT2D eigenvalue weighted by atomic mass is 35.5. The van der Waals surface area contributed by atoms with Crippen molar-refractivity contribution in [2.24, 2.45) is 0 Å². The lowest BCUT2D eigenvalue weighted by atomic mass is 10.2. The van der Waals surface area contributed by atoms with Crippen molar-refractivity contribution in [3.63, 3.8) is 0 Å². The van der Waals surface area contributed by atoms with Crippen LogP contribution in [0.1, 0.15) is 5.56 Å². The number of hydrogen-bond donors (Lipinski definition) is 0. The molecule has 7 heteroatoms. The van der Waals surface area contributed by atoms with Crippen LogP contribution < -0.4 is 4.89 Å². The highest BCUT2D eigenvalue weighted by Gasteiger charge is 2.08. The summed E-state index contributed by atoms with van der Waals surface area (Å²) < 4.78 is 0. The third-order valence-electron chi connectivity index (χ3n) is 2.73. The molecule has 0 fully saturated rings. The first-order valence-corrected chi connectivity index (χ1v) is 6.50. The highest BCUT2D eigenvalue weighted by molar-refractivity contribution is 6.63. The summed E-state index contributed by atoms with van der Waals surface area (Å²) in [6, 6.07) is 14.5. The van der Waals surface area contributed by atoms with Crippen molar-refractivity contribution in [3.05, 3.63) is 54.1 Å². The number of aromatic nitrogens is 3. The number of rotatable bonds is 4. The number of halogens is 1. The maximum Gasteiger partial charge on any atom is 0.358 e. The normalized spacial score (nSPS) is 10.7. The maximum absolute atomic E-state index is 11.0. The van der Waals surface area contributed by atoms with Gasteiger partial charge in [-0.05, 0) is 41.4 Å². The van der Waals surface area contributed by atoms with E-state index in [0.717, 1.165) is 10.4 Å². The van der Waals surface area contributed by atoms with Crippen LogP contribution in [0.3, 0.4) is 0 Å². The number of benzene rings is 2. The average molecular weight is 304 g/mol. The molecule has 3 aromatic rings. The van der Waals surface area contributed by atoms with Crippen LogP contribution in [-0.2, 0) is 11.5 Å². The maximum atomic E-state index is 11.0. The van der Waals surface area contributed by atoms with Crippen LogP contribution in [0.15, 0.2) is 48.5 Å². The van der Waals surface area contributed by atoms with E-state index >= 15 is 0 Å². The lowest BCUT2D eigenvalue weighted by Gasteiger charge is -2.04. The topological polar surface area (TPSA) is 66.2 Å². The van der Waals surface area contributed by atoms with Gasteiger partial charge in [0.15, 0.2) is 5.75 Å². The Morgan fingerprint density at radius 2 is 1.86 bits per heavy atom. The Hall–Kier alpha value is -2.44. The molecule has 0 aliphatic carbocycles. The summed E-state index contributed by atoms with van der Waals surface area (Å²) in [6.07, 6.45) is 0. The zero-order chi connectivity index (χ0) is 14.7. The molecule has 3 rings (SSSR count). The molecule has 0 N–H and O–H groups in total. The molecule has 21 heavy (non-hydrogen) atoms. The van der Waals surface area contributed by atoms with E-state index < -0.39 is 5.37 Å². The zero-order valence-corrected chi connectivity index (χ0v) is 11.5. The van der Waals surface area contributed by atoms with Gasteiger partial charge in [0, 0.05) is 0 Å². The molecule has 0 atom stereocenters. The largest absolute Gasteiger partial charge is 0.358 e. The third-order valence-corrected chi connectivity index (χ3v) is 2.88. The summed E-state index contributed by atoms with van der Waals surface area (Å²) in [6.45, 7) is 0.243. The van der Waals surface area contributed by atoms with Gasteiger partial charge in [0.05, 0.1) is 0 Å². The van der Waals surface area contributed by atoms with Crippen LogP contribution in [0.4, 0.5) is 4.79 Å². The van der Waals surface area contributed by atoms with Crippen molar-refractivity contribution in [1.29, 1.82) is 0 Å². The first-order chi connectivity index (χ1) is 10.2. The predicted molar refractivity (Wildman–Crippen MR) is 76.0 cm³/mol. The molecule has 1 aromatic heterocycles. The Bertz CT molecular complexity index is 773. The Labute approximate surface area is 124 Å². The number of fused-ring (bicyclic) bond motifs is 1. The molecule has 1 heterocycles. The molecule has 0 unspecified atom stereocenters. The van der Waals surface area contributed by atoms with Gasteiger partial charge in [0.1, 0.15) is 17.6 Å². The molecular weight excluding hydrogens is 294 g/mol. The number of hydrogen-bond acceptors (Lipinski definition) is 5. The number of carbonyl (C=O) groups is 1. The molecule has 0 spiro atoms. The van der Waals surface area contributed by atoms with Crippen molar-refractivity contribution < 1.29 is 14.6 Å². The van der Waals surface area contributed by atoms with Gasteiger partial charge in [0.2, 0.25) is 0 Å². The fourth-order valence-electron chi connectivity index (χ4n) is 1.77. The van der Waals surface area contributed by atoms with Gasteiger partial charge in [-0.3, -0.25) is 4.79 Å². The summed E-state index contributed by atoms with van der Waals surface area (Å²) in [7, 11) is 0. The molecule has 106 valence electrons. The lowest BCUT2D eigenvalue weighted by molar-refractivity contribution is -0.217. The number of para-hydroxylation sites is 1. The van der Waals surface area contributed by atoms with E-state index in [4.69, 9.17) is 21.4 Å². The van der Waals surface area contributed by atoms with Gasteiger partial charge in [-0.25, -0.2) is 0 Å². The number of carbonyl (C=O) groups excluding carboxylic acids is 1. The molecule has 0 amide bonds. The van der Waals surface area contributed by atoms with Crippen LogP contribution in [0.25, 0.3) is 11.0 Å². The monoisotopic (exact) mass is 303 g/mol. The molecule has 0 bridgehead atoms. The van der Waals surface area contributed by atoms with E-state index in [9.17, 15) is 4.79 Å². The second kappa shape index (κ2) is 5.90. The summed E-state index contributed by atoms with van der Waals surface area (Å²) in [5, 5.41) is 7.15. The lowest BCUT2D eigenvalue weighted by Crippen LogP contribution is -2.05. The van der Waals surface area contributed by atoms with Crippen LogP contribution in [0.2, 0.25) is 0 Å². The fraction of sp³-hybridized carbons (Fsp3) is 0.0714. The van der Waals surface area contributed by atoms with Crippen molar-refractivity contribution in [2.45, 2.75) is 6.61 Å².